The van der Waals surface area contributed by atoms with Crippen molar-refractivity contribution in [1.29, 1.82) is 0 Å². The SMILES string of the molecule is CCCOc1ccccc1C(NCC)c1cccc(F)c1. The van der Waals surface area contributed by atoms with Crippen LogP contribution < -0.4 is 10.1 Å². The van der Waals surface area contributed by atoms with E-state index in [1.807, 2.05) is 37.3 Å². The molecule has 112 valence electrons. The summed E-state index contributed by atoms with van der Waals surface area (Å²) in [5.74, 6) is 0.636. The Hall–Kier alpha value is -1.87. The van der Waals surface area contributed by atoms with Crippen molar-refractivity contribution < 1.29 is 9.13 Å². The smallest absolute Gasteiger partial charge is 0.124 e. The fraction of sp³-hybridized carbons (Fsp3) is 0.333. The van der Waals surface area contributed by atoms with Gasteiger partial charge in [-0.25, -0.2) is 4.39 Å². The lowest BCUT2D eigenvalue weighted by atomic mass is 9.97. The Bertz CT molecular complexity index is 571. The fourth-order valence-corrected chi connectivity index (χ4v) is 2.36. The quantitative estimate of drug-likeness (QED) is 0.819. The molecule has 0 aromatic heterocycles. The Kier molecular flexibility index (Phi) is 5.76. The summed E-state index contributed by atoms with van der Waals surface area (Å²) in [5.41, 5.74) is 1.95. The summed E-state index contributed by atoms with van der Waals surface area (Å²) in [5, 5.41) is 3.41. The minimum Gasteiger partial charge on any atom is -0.493 e. The van der Waals surface area contributed by atoms with Crippen LogP contribution in [0.2, 0.25) is 0 Å². The van der Waals surface area contributed by atoms with Crippen molar-refractivity contribution in [2.75, 3.05) is 13.2 Å². The topological polar surface area (TPSA) is 21.3 Å². The van der Waals surface area contributed by atoms with E-state index in [2.05, 4.69) is 12.2 Å². The summed E-state index contributed by atoms with van der Waals surface area (Å²) in [4.78, 5) is 0. The van der Waals surface area contributed by atoms with E-state index in [1.54, 1.807) is 12.1 Å². The van der Waals surface area contributed by atoms with Crippen LogP contribution in [0.3, 0.4) is 0 Å². The summed E-state index contributed by atoms with van der Waals surface area (Å²) in [6.07, 6.45) is 0.959. The van der Waals surface area contributed by atoms with Gasteiger partial charge in [-0.3, -0.25) is 0 Å². The van der Waals surface area contributed by atoms with Crippen LogP contribution in [-0.4, -0.2) is 13.2 Å². The molecule has 0 spiro atoms. The molecule has 1 atom stereocenters. The van der Waals surface area contributed by atoms with Gasteiger partial charge in [0.1, 0.15) is 11.6 Å². The van der Waals surface area contributed by atoms with Gasteiger partial charge >= 0.3 is 0 Å². The van der Waals surface area contributed by atoms with E-state index < -0.39 is 0 Å². The van der Waals surface area contributed by atoms with Crippen molar-refractivity contribution in [3.05, 3.63) is 65.5 Å². The molecule has 2 nitrogen and oxygen atoms in total. The van der Waals surface area contributed by atoms with E-state index in [0.717, 1.165) is 29.8 Å². The lowest BCUT2D eigenvalue weighted by Crippen LogP contribution is -2.22. The molecule has 0 aliphatic rings. The summed E-state index contributed by atoms with van der Waals surface area (Å²) in [7, 11) is 0. The molecule has 1 N–H and O–H groups in total. The molecule has 1 unspecified atom stereocenters. The number of halogens is 1. The molecule has 2 rings (SSSR count). The van der Waals surface area contributed by atoms with E-state index in [4.69, 9.17) is 4.74 Å². The van der Waals surface area contributed by atoms with E-state index in [-0.39, 0.29) is 11.9 Å². The first-order valence-corrected chi connectivity index (χ1v) is 7.46. The minimum absolute atomic E-state index is 0.0706. The zero-order valence-electron chi connectivity index (χ0n) is 12.6. The number of hydrogen-bond acceptors (Lipinski definition) is 2. The molecule has 3 heteroatoms. The zero-order valence-corrected chi connectivity index (χ0v) is 12.6. The predicted octanol–water partition coefficient (Wildman–Crippen LogP) is 4.31. The average Bonchev–Trinajstić information content (AvgIpc) is 2.51. The van der Waals surface area contributed by atoms with Crippen LogP contribution in [0.5, 0.6) is 5.75 Å². The molecule has 0 aliphatic heterocycles. The highest BCUT2D eigenvalue weighted by molar-refractivity contribution is 5.41. The van der Waals surface area contributed by atoms with Crippen molar-refractivity contribution in [2.45, 2.75) is 26.3 Å². The summed E-state index contributed by atoms with van der Waals surface area (Å²) < 4.78 is 19.4. The number of para-hydroxylation sites is 1. The standard InChI is InChI=1S/C18H22FNO/c1-3-12-21-17-11-6-5-10-16(17)18(20-4-2)14-8-7-9-15(19)13-14/h5-11,13,18,20H,3-4,12H2,1-2H3. The lowest BCUT2D eigenvalue weighted by molar-refractivity contribution is 0.312. The number of benzene rings is 2. The highest BCUT2D eigenvalue weighted by Crippen LogP contribution is 2.30. The van der Waals surface area contributed by atoms with Crippen molar-refractivity contribution in [3.8, 4) is 5.75 Å². The molecule has 2 aromatic carbocycles. The maximum Gasteiger partial charge on any atom is 0.124 e. The molecule has 0 saturated heterocycles. The van der Waals surface area contributed by atoms with Gasteiger partial charge in [-0.1, -0.05) is 44.2 Å². The summed E-state index contributed by atoms with van der Waals surface area (Å²) >= 11 is 0. The third-order valence-corrected chi connectivity index (χ3v) is 3.28. The van der Waals surface area contributed by atoms with Crippen LogP contribution in [0.4, 0.5) is 4.39 Å². The molecule has 21 heavy (non-hydrogen) atoms. The van der Waals surface area contributed by atoms with E-state index in [0.29, 0.717) is 6.61 Å². The van der Waals surface area contributed by atoms with Gasteiger partial charge in [0.2, 0.25) is 0 Å². The molecule has 0 heterocycles. The van der Waals surface area contributed by atoms with E-state index in [9.17, 15) is 4.39 Å². The lowest BCUT2D eigenvalue weighted by Gasteiger charge is -2.22. The predicted molar refractivity (Wildman–Crippen MR) is 84.1 cm³/mol. The first-order chi connectivity index (χ1) is 10.3. The van der Waals surface area contributed by atoms with Crippen molar-refractivity contribution >= 4 is 0 Å². The summed E-state index contributed by atoms with van der Waals surface area (Å²) in [6, 6.07) is 14.6. The average molecular weight is 287 g/mol. The van der Waals surface area contributed by atoms with Crippen molar-refractivity contribution in [2.24, 2.45) is 0 Å². The van der Waals surface area contributed by atoms with Crippen LogP contribution in [0.25, 0.3) is 0 Å². The van der Waals surface area contributed by atoms with Gasteiger partial charge in [0.25, 0.3) is 0 Å². The largest absolute Gasteiger partial charge is 0.493 e. The molecule has 0 aliphatic carbocycles. The maximum absolute atomic E-state index is 13.5. The Morgan fingerprint density at radius 3 is 2.62 bits per heavy atom. The number of ether oxygens (including phenoxy) is 1. The maximum atomic E-state index is 13.5. The second-order valence-corrected chi connectivity index (χ2v) is 4.93. The second kappa shape index (κ2) is 7.79. The van der Waals surface area contributed by atoms with Gasteiger partial charge in [0.05, 0.1) is 12.6 Å². The summed E-state index contributed by atoms with van der Waals surface area (Å²) in [6.45, 7) is 5.60. The monoisotopic (exact) mass is 287 g/mol. The van der Waals surface area contributed by atoms with E-state index >= 15 is 0 Å². The van der Waals surface area contributed by atoms with Crippen molar-refractivity contribution in [3.63, 3.8) is 0 Å². The molecule has 2 aromatic rings. The van der Waals surface area contributed by atoms with Crippen LogP contribution in [0, 0.1) is 5.82 Å². The minimum atomic E-state index is -0.220. The van der Waals surface area contributed by atoms with Gasteiger partial charge in [0.15, 0.2) is 0 Å². The van der Waals surface area contributed by atoms with Gasteiger partial charge < -0.3 is 10.1 Å². The third kappa shape index (κ3) is 4.05. The highest BCUT2D eigenvalue weighted by Gasteiger charge is 2.17. The Morgan fingerprint density at radius 2 is 1.90 bits per heavy atom. The molecule has 0 bridgehead atoms. The first-order valence-electron chi connectivity index (χ1n) is 7.46. The Morgan fingerprint density at radius 1 is 1.10 bits per heavy atom. The Balaban J connectivity index is 2.38. The van der Waals surface area contributed by atoms with Crippen LogP contribution in [0.15, 0.2) is 48.5 Å². The molecule has 0 radical (unpaired) electrons. The van der Waals surface area contributed by atoms with Crippen LogP contribution in [-0.2, 0) is 0 Å². The number of rotatable bonds is 7. The zero-order chi connectivity index (χ0) is 15.1. The Labute approximate surface area is 126 Å². The molecular weight excluding hydrogens is 265 g/mol. The normalized spacial score (nSPS) is 12.1. The van der Waals surface area contributed by atoms with Crippen molar-refractivity contribution in [1.82, 2.24) is 5.32 Å². The second-order valence-electron chi connectivity index (χ2n) is 4.93. The molecular formula is C18H22FNO. The highest BCUT2D eigenvalue weighted by atomic mass is 19.1. The number of nitrogens with one attached hydrogen (secondary N) is 1. The van der Waals surface area contributed by atoms with E-state index in [1.165, 1.54) is 6.07 Å². The molecule has 0 fully saturated rings. The van der Waals surface area contributed by atoms with Gasteiger partial charge in [-0.2, -0.15) is 0 Å². The van der Waals surface area contributed by atoms with Crippen LogP contribution in [0.1, 0.15) is 37.4 Å². The first kappa shape index (κ1) is 15.5. The molecule has 0 saturated carbocycles. The van der Waals surface area contributed by atoms with Gasteiger partial charge in [-0.15, -0.1) is 0 Å². The number of hydrogen-bond donors (Lipinski definition) is 1. The fourth-order valence-electron chi connectivity index (χ4n) is 2.36. The van der Waals surface area contributed by atoms with Gasteiger partial charge in [0, 0.05) is 5.56 Å². The molecule has 0 amide bonds. The van der Waals surface area contributed by atoms with Gasteiger partial charge in [-0.05, 0) is 36.7 Å². The van der Waals surface area contributed by atoms with Crippen LogP contribution >= 0.6 is 0 Å². The third-order valence-electron chi connectivity index (χ3n) is 3.28.